The minimum atomic E-state index is -2.87. The maximum absolute atomic E-state index is 13.5. The summed E-state index contributed by atoms with van der Waals surface area (Å²) in [5.74, 6) is 0. The quantitative estimate of drug-likeness (QED) is 0.350. The molecular formula is C31H48N2O5SSeSi2. The zero-order valence-electron chi connectivity index (χ0n) is 26.5. The Labute approximate surface area is 263 Å². The molecule has 3 fully saturated rings. The number of thioether (sulfide) groups is 1. The first-order chi connectivity index (χ1) is 19.8. The monoisotopic (exact) mass is 696 g/mol. The Morgan fingerprint density at radius 2 is 1.55 bits per heavy atom. The van der Waals surface area contributed by atoms with Gasteiger partial charge in [-0.2, -0.15) is 0 Å². The van der Waals surface area contributed by atoms with Crippen LogP contribution in [-0.4, -0.2) is 58.6 Å². The van der Waals surface area contributed by atoms with Crippen molar-refractivity contribution in [3.63, 3.8) is 0 Å². The number of rotatable bonds is 7. The molecule has 1 N–H and O–H groups in total. The van der Waals surface area contributed by atoms with Gasteiger partial charge in [0.05, 0.1) is 0 Å². The van der Waals surface area contributed by atoms with Crippen molar-refractivity contribution >= 4 is 48.3 Å². The van der Waals surface area contributed by atoms with E-state index in [0.717, 1.165) is 19.3 Å². The molecule has 1 aromatic heterocycles. The van der Waals surface area contributed by atoms with Gasteiger partial charge in [0.15, 0.2) is 0 Å². The Morgan fingerprint density at radius 1 is 0.952 bits per heavy atom. The molecule has 42 heavy (non-hydrogen) atoms. The van der Waals surface area contributed by atoms with E-state index in [-0.39, 0.29) is 75.5 Å². The number of aromatic amines is 1. The number of benzene rings is 1. The predicted molar refractivity (Wildman–Crippen MR) is 178 cm³/mol. The van der Waals surface area contributed by atoms with Crippen LogP contribution in [0.1, 0.15) is 85.6 Å². The molecule has 5 atom stereocenters. The molecule has 2 aliphatic heterocycles. The van der Waals surface area contributed by atoms with Gasteiger partial charge in [0.25, 0.3) is 0 Å². The van der Waals surface area contributed by atoms with Crippen molar-refractivity contribution in [2.24, 2.45) is 0 Å². The standard InChI is InChI=1S/C31H48N2O5SSeSi2/c1-19(2)41(20(3)4)36-25-16-13-17-31(25)27(37-42(38-41,21(5)6)22(7)8)26(40-24-14-11-10-12-15-24)29(39-31)33-18-23(9)28(34)32-30(33)35/h10-12,14-15,18-22,25-27,29H,13,16-17H2,1-9H3,(H,32,34,35)/t25-,26+,27-,29+,31-/m0/s1. The molecule has 1 aliphatic carbocycles. The second-order valence-electron chi connectivity index (χ2n) is 13.5. The van der Waals surface area contributed by atoms with E-state index in [0.29, 0.717) is 5.56 Å². The molecule has 0 radical (unpaired) electrons. The van der Waals surface area contributed by atoms with Crippen molar-refractivity contribution in [3.8, 4) is 0 Å². The number of aryl methyl sites for hydroxylation is 1. The molecule has 0 amide bonds. The molecule has 2 aromatic rings. The van der Waals surface area contributed by atoms with Crippen LogP contribution in [-0.2, 0) is 13.0 Å². The minimum absolute atomic E-state index is 0.00161. The van der Waals surface area contributed by atoms with Crippen LogP contribution in [0.2, 0.25) is 27.0 Å². The van der Waals surface area contributed by atoms with Crippen molar-refractivity contribution in [2.45, 2.75) is 131 Å². The topological polar surface area (TPSA) is 82.6 Å². The molecule has 11 heteroatoms. The summed E-state index contributed by atoms with van der Waals surface area (Å²) in [7, 11) is -5.61. The summed E-state index contributed by atoms with van der Waals surface area (Å²) in [5, 5.41) is -0.180. The van der Waals surface area contributed by atoms with Gasteiger partial charge in [0, 0.05) is 0 Å². The molecule has 0 bridgehead atoms. The van der Waals surface area contributed by atoms with E-state index in [4.69, 9.17) is 13.0 Å². The molecule has 3 aliphatic rings. The number of nitrogens with one attached hydrogen (secondary N) is 1. The van der Waals surface area contributed by atoms with Crippen molar-refractivity contribution < 1.29 is 13.0 Å². The molecule has 7 nitrogen and oxygen atoms in total. The van der Waals surface area contributed by atoms with Gasteiger partial charge in [0.2, 0.25) is 0 Å². The fourth-order valence-electron chi connectivity index (χ4n) is 7.38. The zero-order valence-corrected chi connectivity index (χ0v) is 31.0. The first-order valence-corrected chi connectivity index (χ1v) is 22.2. The SMILES string of the molecule is Cc1cn([C@@H]2S[C@@]34CCC[C@@H]3O[Si](C(C)C)(C(C)C)O[Si](C(C)C)(C(C)C)O[C@H]4[C@H]2[Se]c2ccccc2)c(=O)[nH]c1=O. The Kier molecular flexibility index (Phi) is 9.37. The van der Waals surface area contributed by atoms with Crippen molar-refractivity contribution in [1.82, 2.24) is 9.55 Å². The first kappa shape index (κ1) is 32.5. The van der Waals surface area contributed by atoms with E-state index < -0.39 is 17.1 Å². The molecule has 1 saturated carbocycles. The summed E-state index contributed by atoms with van der Waals surface area (Å²) in [6.45, 7) is 20.0. The van der Waals surface area contributed by atoms with Gasteiger partial charge in [-0.05, 0) is 0 Å². The number of nitrogens with zero attached hydrogens (tertiary/aromatic N) is 1. The fraction of sp³-hybridized carbons (Fsp3) is 0.677. The van der Waals surface area contributed by atoms with E-state index in [1.807, 2.05) is 11.8 Å². The molecule has 5 rings (SSSR count). The summed E-state index contributed by atoms with van der Waals surface area (Å²) in [4.78, 5) is 28.5. The van der Waals surface area contributed by atoms with Crippen LogP contribution < -0.4 is 15.7 Å². The van der Waals surface area contributed by atoms with Crippen LogP contribution in [0.4, 0.5) is 0 Å². The van der Waals surface area contributed by atoms with Crippen molar-refractivity contribution in [2.75, 3.05) is 0 Å². The van der Waals surface area contributed by atoms with Crippen LogP contribution in [0.3, 0.4) is 0 Å². The summed E-state index contributed by atoms with van der Waals surface area (Å²) in [6.07, 6.45) is 4.66. The van der Waals surface area contributed by atoms with Gasteiger partial charge in [-0.15, -0.1) is 0 Å². The van der Waals surface area contributed by atoms with Gasteiger partial charge in [-0.3, -0.25) is 0 Å². The third kappa shape index (κ3) is 5.33. The molecule has 3 heterocycles. The van der Waals surface area contributed by atoms with Crippen LogP contribution in [0.5, 0.6) is 0 Å². The number of hydrogen-bond donors (Lipinski definition) is 1. The first-order valence-electron chi connectivity index (χ1n) is 15.5. The Balaban J connectivity index is 1.75. The second kappa shape index (κ2) is 12.1. The van der Waals surface area contributed by atoms with Crippen LogP contribution in [0.15, 0.2) is 46.1 Å². The molecule has 232 valence electrons. The molecule has 2 saturated heterocycles. The van der Waals surface area contributed by atoms with Crippen molar-refractivity contribution in [1.29, 1.82) is 0 Å². The normalized spacial score (nSPS) is 30.5. The van der Waals surface area contributed by atoms with Crippen LogP contribution >= 0.6 is 11.8 Å². The number of aromatic nitrogens is 2. The van der Waals surface area contributed by atoms with Crippen LogP contribution in [0.25, 0.3) is 0 Å². The molecule has 1 spiro atoms. The fourth-order valence-corrected chi connectivity index (χ4v) is 24.7. The summed E-state index contributed by atoms with van der Waals surface area (Å²) in [5.41, 5.74) is 0.881. The maximum atomic E-state index is 13.5. The third-order valence-electron chi connectivity index (χ3n) is 9.59. The Bertz CT molecular complexity index is 1370. The van der Waals surface area contributed by atoms with E-state index in [1.54, 1.807) is 17.7 Å². The third-order valence-corrected chi connectivity index (χ3v) is 24.9. The number of H-pyrrole nitrogens is 1. The summed E-state index contributed by atoms with van der Waals surface area (Å²) >= 11 is 1.89. The van der Waals surface area contributed by atoms with E-state index in [1.165, 1.54) is 4.46 Å². The molecule has 0 unspecified atom stereocenters. The average molecular weight is 696 g/mol. The van der Waals surface area contributed by atoms with Gasteiger partial charge >= 0.3 is 265 Å². The summed E-state index contributed by atoms with van der Waals surface area (Å²) < 4.78 is 25.8. The number of hydrogen-bond acceptors (Lipinski definition) is 6. The molecular weight excluding hydrogens is 648 g/mol. The van der Waals surface area contributed by atoms with E-state index >= 15 is 0 Å². The van der Waals surface area contributed by atoms with Gasteiger partial charge in [-0.1, -0.05) is 0 Å². The summed E-state index contributed by atoms with van der Waals surface area (Å²) in [6, 6.07) is 10.6. The van der Waals surface area contributed by atoms with Gasteiger partial charge < -0.3 is 0 Å². The molecule has 1 aromatic carbocycles. The van der Waals surface area contributed by atoms with E-state index in [2.05, 4.69) is 90.7 Å². The van der Waals surface area contributed by atoms with Crippen molar-refractivity contribution in [3.05, 3.63) is 62.9 Å². The Morgan fingerprint density at radius 3 is 2.14 bits per heavy atom. The average Bonchev–Trinajstić information content (AvgIpc) is 3.44. The second-order valence-corrected chi connectivity index (χ2v) is 26.4. The zero-order chi connectivity index (χ0) is 30.6. The van der Waals surface area contributed by atoms with E-state index in [9.17, 15) is 9.59 Å². The predicted octanol–water partition coefficient (Wildman–Crippen LogP) is 6.16. The van der Waals surface area contributed by atoms with Crippen LogP contribution in [0, 0.1) is 6.92 Å². The van der Waals surface area contributed by atoms with Gasteiger partial charge in [-0.25, -0.2) is 0 Å². The Hall–Kier alpha value is -0.917. The van der Waals surface area contributed by atoms with Gasteiger partial charge in [0.1, 0.15) is 0 Å².